The largest absolute Gasteiger partial charge is 0.506 e. The van der Waals surface area contributed by atoms with Crippen LogP contribution in [0.15, 0.2) is 59.7 Å². The van der Waals surface area contributed by atoms with Crippen LogP contribution in [0.25, 0.3) is 0 Å². The van der Waals surface area contributed by atoms with Crippen molar-refractivity contribution < 1.29 is 5.11 Å². The molecule has 6 nitrogen and oxygen atoms in total. The molecule has 1 fully saturated rings. The zero-order chi connectivity index (χ0) is 24.1. The minimum Gasteiger partial charge on any atom is -0.506 e. The smallest absolute Gasteiger partial charge is 0.184 e. The van der Waals surface area contributed by atoms with E-state index in [2.05, 4.69) is 65.6 Å². The van der Waals surface area contributed by atoms with Gasteiger partial charge in [-0.15, -0.1) is 0 Å². The Morgan fingerprint density at radius 1 is 1.21 bits per heavy atom. The van der Waals surface area contributed by atoms with E-state index >= 15 is 0 Å². The molecular weight excluding hydrogens is 446 g/mol. The van der Waals surface area contributed by atoms with E-state index in [1.54, 1.807) is 6.07 Å². The summed E-state index contributed by atoms with van der Waals surface area (Å²) in [5.41, 5.74) is 4.52. The van der Waals surface area contributed by atoms with E-state index in [1.807, 2.05) is 24.4 Å². The van der Waals surface area contributed by atoms with Crippen molar-refractivity contribution in [2.24, 2.45) is 4.99 Å². The van der Waals surface area contributed by atoms with Gasteiger partial charge in [-0.25, -0.2) is 4.99 Å². The quantitative estimate of drug-likeness (QED) is 0.505. The molecular formula is C27H36ClN5O. The van der Waals surface area contributed by atoms with Gasteiger partial charge in [0.15, 0.2) is 5.79 Å². The summed E-state index contributed by atoms with van der Waals surface area (Å²) in [5, 5.41) is 16.9. The maximum atomic E-state index is 9.66. The highest BCUT2D eigenvalue weighted by Gasteiger charge is 2.29. The fraction of sp³-hybridized carbons (Fsp3) is 0.444. The first-order valence-electron chi connectivity index (χ1n) is 12.1. The van der Waals surface area contributed by atoms with Gasteiger partial charge in [0.25, 0.3) is 0 Å². The third-order valence-electron chi connectivity index (χ3n) is 6.99. The number of halogens is 1. The van der Waals surface area contributed by atoms with Crippen LogP contribution in [0, 0.1) is 0 Å². The van der Waals surface area contributed by atoms with E-state index in [9.17, 15) is 5.11 Å². The Bertz CT molecular complexity index is 1050. The summed E-state index contributed by atoms with van der Waals surface area (Å²) in [4.78, 5) is 9.86. The van der Waals surface area contributed by atoms with Crippen LogP contribution >= 0.6 is 11.6 Å². The number of likely N-dealkylation sites (N-methyl/N-ethyl adjacent to an activating group) is 2. The number of benzene rings is 2. The highest BCUT2D eigenvalue weighted by atomic mass is 35.5. The first kappa shape index (κ1) is 24.7. The van der Waals surface area contributed by atoms with Crippen molar-refractivity contribution in [1.29, 1.82) is 0 Å². The first-order valence-corrected chi connectivity index (χ1v) is 12.5. The Morgan fingerprint density at radius 3 is 2.79 bits per heavy atom. The lowest BCUT2D eigenvalue weighted by Gasteiger charge is -2.38. The summed E-state index contributed by atoms with van der Waals surface area (Å²) in [5.74, 6) is -0.436. The zero-order valence-corrected chi connectivity index (χ0v) is 21.1. The lowest BCUT2D eigenvalue weighted by molar-refractivity contribution is 0.124. The number of rotatable bonds is 9. The van der Waals surface area contributed by atoms with Gasteiger partial charge in [-0.2, -0.15) is 0 Å². The van der Waals surface area contributed by atoms with Crippen molar-refractivity contribution >= 4 is 17.3 Å². The summed E-state index contributed by atoms with van der Waals surface area (Å²) in [6.45, 7) is 9.33. The molecule has 2 aromatic rings. The van der Waals surface area contributed by atoms with Gasteiger partial charge in [0.05, 0.1) is 10.7 Å². The Morgan fingerprint density at radius 2 is 2.06 bits per heavy atom. The molecule has 4 rings (SSSR count). The monoisotopic (exact) mass is 481 g/mol. The third kappa shape index (κ3) is 5.81. The Hall–Kier alpha value is -2.38. The second-order valence-electron chi connectivity index (χ2n) is 9.36. The molecule has 2 aliphatic heterocycles. The van der Waals surface area contributed by atoms with Gasteiger partial charge < -0.3 is 15.7 Å². The van der Waals surface area contributed by atoms with Crippen LogP contribution < -0.4 is 10.6 Å². The molecule has 182 valence electrons. The summed E-state index contributed by atoms with van der Waals surface area (Å²) in [7, 11) is 2.07. The number of allylic oxidation sites excluding steroid dienone is 1. The molecule has 2 atom stereocenters. The van der Waals surface area contributed by atoms with Crippen molar-refractivity contribution in [3.63, 3.8) is 0 Å². The molecule has 0 bridgehead atoms. The van der Waals surface area contributed by atoms with E-state index in [4.69, 9.17) is 16.6 Å². The normalized spacial score (nSPS) is 22.3. The molecule has 1 saturated heterocycles. The van der Waals surface area contributed by atoms with E-state index in [0.29, 0.717) is 11.1 Å². The Labute approximate surface area is 208 Å². The molecule has 3 N–H and O–H groups in total. The van der Waals surface area contributed by atoms with Crippen LogP contribution in [0.3, 0.4) is 0 Å². The standard InChI is InChI=1S/C27H36ClN5O/c1-4-33(23-10-13-29-18-23)19-21-6-5-7-22(16-21)25-11-14-30-27(2,31-25)32(3)15-12-20-8-9-26(34)24(28)17-20/h5-9,11,14,16-17,23,29-30,34H,4,10,12-13,15,18-19H2,1-3H3. The van der Waals surface area contributed by atoms with Gasteiger partial charge >= 0.3 is 0 Å². The minimum absolute atomic E-state index is 0.114. The molecule has 2 aliphatic rings. The SMILES string of the molecule is CCN(Cc1cccc(C2=NC(C)(N(C)CCc3ccc(O)c(Cl)c3)NC=C2)c1)C1CCNC1. The fourth-order valence-corrected chi connectivity index (χ4v) is 4.88. The van der Waals surface area contributed by atoms with Crippen molar-refractivity contribution in [1.82, 2.24) is 20.4 Å². The number of hydrogen-bond acceptors (Lipinski definition) is 6. The maximum absolute atomic E-state index is 9.66. The number of aromatic hydroxyl groups is 1. The molecule has 2 heterocycles. The fourth-order valence-electron chi connectivity index (χ4n) is 4.67. The topological polar surface area (TPSA) is 63.1 Å². The van der Waals surface area contributed by atoms with Crippen LogP contribution in [0.2, 0.25) is 5.02 Å². The van der Waals surface area contributed by atoms with Crippen LogP contribution in [-0.4, -0.2) is 65.7 Å². The number of nitrogens with zero attached hydrogens (tertiary/aromatic N) is 3. The summed E-state index contributed by atoms with van der Waals surface area (Å²) in [6, 6.07) is 14.8. The lowest BCUT2D eigenvalue weighted by atomic mass is 10.0. The molecule has 7 heteroatoms. The van der Waals surface area contributed by atoms with Gasteiger partial charge in [-0.3, -0.25) is 9.80 Å². The maximum Gasteiger partial charge on any atom is 0.184 e. The van der Waals surface area contributed by atoms with Crippen molar-refractivity contribution in [3.05, 3.63) is 76.5 Å². The van der Waals surface area contributed by atoms with E-state index in [-0.39, 0.29) is 5.75 Å². The average molecular weight is 482 g/mol. The molecule has 34 heavy (non-hydrogen) atoms. The number of aliphatic imine (C=N–C) groups is 1. The van der Waals surface area contributed by atoms with Gasteiger partial charge in [0.1, 0.15) is 5.75 Å². The van der Waals surface area contributed by atoms with Gasteiger partial charge in [-0.05, 0) is 75.3 Å². The summed E-state index contributed by atoms with van der Waals surface area (Å²) >= 11 is 6.07. The van der Waals surface area contributed by atoms with E-state index in [1.165, 1.54) is 12.0 Å². The van der Waals surface area contributed by atoms with Crippen LogP contribution in [-0.2, 0) is 13.0 Å². The third-order valence-corrected chi connectivity index (χ3v) is 7.30. The van der Waals surface area contributed by atoms with Crippen LogP contribution in [0.4, 0.5) is 0 Å². The van der Waals surface area contributed by atoms with Crippen molar-refractivity contribution in [2.75, 3.05) is 33.2 Å². The summed E-state index contributed by atoms with van der Waals surface area (Å²) in [6.07, 6.45) is 6.06. The predicted molar refractivity (Wildman–Crippen MR) is 140 cm³/mol. The molecule has 0 aromatic heterocycles. The molecule has 0 aliphatic carbocycles. The lowest BCUT2D eigenvalue weighted by Crippen LogP contribution is -2.54. The van der Waals surface area contributed by atoms with E-state index < -0.39 is 5.79 Å². The van der Waals surface area contributed by atoms with Crippen molar-refractivity contribution in [3.8, 4) is 5.75 Å². The molecule has 0 radical (unpaired) electrons. The molecule has 2 aromatic carbocycles. The molecule has 0 amide bonds. The van der Waals surface area contributed by atoms with Gasteiger partial charge in [0.2, 0.25) is 0 Å². The number of phenols is 1. The highest BCUT2D eigenvalue weighted by Crippen LogP contribution is 2.25. The average Bonchev–Trinajstić information content (AvgIpc) is 3.38. The van der Waals surface area contributed by atoms with E-state index in [0.717, 1.165) is 56.0 Å². The predicted octanol–water partition coefficient (Wildman–Crippen LogP) is 3.98. The number of nitrogens with one attached hydrogen (secondary N) is 2. The molecule has 0 saturated carbocycles. The highest BCUT2D eigenvalue weighted by molar-refractivity contribution is 6.32. The van der Waals surface area contributed by atoms with Crippen LogP contribution in [0.5, 0.6) is 5.75 Å². The number of phenolic OH excluding ortho intramolecular Hbond substituents is 1. The summed E-state index contributed by atoms with van der Waals surface area (Å²) < 4.78 is 0. The Balaban J connectivity index is 1.45. The second-order valence-corrected chi connectivity index (χ2v) is 9.77. The zero-order valence-electron chi connectivity index (χ0n) is 20.4. The molecule has 0 spiro atoms. The Kier molecular flexibility index (Phi) is 7.94. The second kappa shape index (κ2) is 10.9. The molecule has 2 unspecified atom stereocenters. The van der Waals surface area contributed by atoms with Crippen LogP contribution in [0.1, 0.15) is 37.0 Å². The first-order chi connectivity index (χ1) is 16.4. The number of hydrogen-bond donors (Lipinski definition) is 3. The van der Waals surface area contributed by atoms with Crippen molar-refractivity contribution in [2.45, 2.75) is 45.1 Å². The van der Waals surface area contributed by atoms with Gasteiger partial charge in [-0.1, -0.05) is 42.8 Å². The minimum atomic E-state index is -0.550. The van der Waals surface area contributed by atoms with Gasteiger partial charge in [0, 0.05) is 37.4 Å².